The minimum Gasteiger partial charge on any atom is -0.461 e. The lowest BCUT2D eigenvalue weighted by molar-refractivity contribution is -0.154. The van der Waals surface area contributed by atoms with E-state index in [4.69, 9.17) is 10.5 Å². The minimum atomic E-state index is -0.218. The molecular weight excluding hydrogens is 242 g/mol. The van der Waals surface area contributed by atoms with E-state index < -0.39 is 0 Å². The molecule has 1 aliphatic carbocycles. The predicted molar refractivity (Wildman–Crippen MR) is 73.6 cm³/mol. The lowest BCUT2D eigenvalue weighted by atomic mass is 9.88. The summed E-state index contributed by atoms with van der Waals surface area (Å²) >= 11 is 0. The van der Waals surface area contributed by atoms with E-state index in [1.54, 1.807) is 4.68 Å². The maximum atomic E-state index is 12.0. The standard InChI is InChI=1S/C14H23N3O2/c1-9-6-4-5-7-12(9)19-13(18)8-17-11(3)14(15)10(2)16-17/h9,12H,4-8,15H2,1-3H3. The van der Waals surface area contributed by atoms with Gasteiger partial charge in [-0.05, 0) is 39.0 Å². The highest BCUT2D eigenvalue weighted by Gasteiger charge is 2.25. The van der Waals surface area contributed by atoms with Crippen LogP contribution < -0.4 is 5.73 Å². The Hall–Kier alpha value is -1.52. The smallest absolute Gasteiger partial charge is 0.328 e. The molecule has 106 valence electrons. The van der Waals surface area contributed by atoms with E-state index >= 15 is 0 Å². The first-order valence-electron chi connectivity index (χ1n) is 6.98. The lowest BCUT2D eigenvalue weighted by Crippen LogP contribution is -2.30. The van der Waals surface area contributed by atoms with Crippen LogP contribution >= 0.6 is 0 Å². The number of aromatic nitrogens is 2. The van der Waals surface area contributed by atoms with Gasteiger partial charge in [-0.2, -0.15) is 5.10 Å². The first-order chi connectivity index (χ1) is 8.99. The molecule has 0 saturated heterocycles. The zero-order valence-corrected chi connectivity index (χ0v) is 12.0. The van der Waals surface area contributed by atoms with Crippen LogP contribution in [-0.2, 0) is 16.1 Å². The molecule has 0 radical (unpaired) electrons. The maximum Gasteiger partial charge on any atom is 0.328 e. The van der Waals surface area contributed by atoms with Gasteiger partial charge >= 0.3 is 5.97 Å². The number of anilines is 1. The molecule has 5 heteroatoms. The SMILES string of the molecule is Cc1nn(CC(=O)OC2CCCCC2C)c(C)c1N. The highest BCUT2D eigenvalue weighted by molar-refractivity contribution is 5.69. The van der Waals surface area contributed by atoms with E-state index in [0.717, 1.165) is 30.7 Å². The highest BCUT2D eigenvalue weighted by Crippen LogP contribution is 2.26. The van der Waals surface area contributed by atoms with Crippen LogP contribution in [0.3, 0.4) is 0 Å². The summed E-state index contributed by atoms with van der Waals surface area (Å²) in [6.07, 6.45) is 4.57. The van der Waals surface area contributed by atoms with Crippen LogP contribution in [0.4, 0.5) is 5.69 Å². The number of aryl methyl sites for hydroxylation is 1. The fourth-order valence-electron chi connectivity index (χ4n) is 2.65. The molecule has 2 unspecified atom stereocenters. The number of hydrogen-bond donors (Lipinski definition) is 1. The van der Waals surface area contributed by atoms with E-state index in [1.807, 2.05) is 13.8 Å². The van der Waals surface area contributed by atoms with Crippen molar-refractivity contribution >= 4 is 11.7 Å². The number of nitrogens with zero attached hydrogens (tertiary/aromatic N) is 2. The molecule has 19 heavy (non-hydrogen) atoms. The average Bonchev–Trinajstić information content (AvgIpc) is 2.60. The number of nitrogens with two attached hydrogens (primary N) is 1. The van der Waals surface area contributed by atoms with E-state index in [2.05, 4.69) is 12.0 Å². The summed E-state index contributed by atoms with van der Waals surface area (Å²) in [5.41, 5.74) is 8.09. The van der Waals surface area contributed by atoms with Crippen LogP contribution in [0.2, 0.25) is 0 Å². The van der Waals surface area contributed by atoms with Gasteiger partial charge in [0.15, 0.2) is 0 Å². The van der Waals surface area contributed by atoms with Gasteiger partial charge in [0.2, 0.25) is 0 Å². The Balaban J connectivity index is 1.95. The van der Waals surface area contributed by atoms with Gasteiger partial charge in [0.1, 0.15) is 12.6 Å². The van der Waals surface area contributed by atoms with E-state index in [1.165, 1.54) is 6.42 Å². The Morgan fingerprint density at radius 1 is 1.42 bits per heavy atom. The summed E-state index contributed by atoms with van der Waals surface area (Å²) in [7, 11) is 0. The summed E-state index contributed by atoms with van der Waals surface area (Å²) in [5, 5.41) is 4.25. The van der Waals surface area contributed by atoms with Gasteiger partial charge in [0.05, 0.1) is 17.1 Å². The van der Waals surface area contributed by atoms with Crippen molar-refractivity contribution in [1.82, 2.24) is 9.78 Å². The zero-order chi connectivity index (χ0) is 14.0. The van der Waals surface area contributed by atoms with Crippen molar-refractivity contribution in [2.45, 2.75) is 59.1 Å². The molecule has 1 aliphatic rings. The van der Waals surface area contributed by atoms with Crippen molar-refractivity contribution in [2.24, 2.45) is 5.92 Å². The number of carbonyl (C=O) groups excluding carboxylic acids is 1. The normalized spacial score (nSPS) is 23.3. The molecule has 0 amide bonds. The monoisotopic (exact) mass is 265 g/mol. The molecule has 1 aromatic heterocycles. The fourth-order valence-corrected chi connectivity index (χ4v) is 2.65. The van der Waals surface area contributed by atoms with Crippen LogP contribution in [0.1, 0.15) is 44.0 Å². The van der Waals surface area contributed by atoms with Gasteiger partial charge in [-0.15, -0.1) is 0 Å². The Morgan fingerprint density at radius 3 is 2.68 bits per heavy atom. The summed E-state index contributed by atoms with van der Waals surface area (Å²) in [6, 6.07) is 0. The van der Waals surface area contributed by atoms with Crippen LogP contribution in [0.5, 0.6) is 0 Å². The third-order valence-corrected chi connectivity index (χ3v) is 4.03. The topological polar surface area (TPSA) is 70.1 Å². The van der Waals surface area contributed by atoms with Crippen LogP contribution in [0.25, 0.3) is 0 Å². The Kier molecular flexibility index (Phi) is 4.12. The molecule has 0 aliphatic heterocycles. The van der Waals surface area contributed by atoms with Crippen molar-refractivity contribution in [3.05, 3.63) is 11.4 Å². The number of rotatable bonds is 3. The van der Waals surface area contributed by atoms with Crippen molar-refractivity contribution in [1.29, 1.82) is 0 Å². The molecule has 0 bridgehead atoms. The van der Waals surface area contributed by atoms with Crippen LogP contribution in [0.15, 0.2) is 0 Å². The molecular formula is C14H23N3O2. The largest absolute Gasteiger partial charge is 0.461 e. The number of nitrogen functional groups attached to an aromatic ring is 1. The quantitative estimate of drug-likeness (QED) is 0.851. The zero-order valence-electron chi connectivity index (χ0n) is 12.0. The number of carbonyl (C=O) groups is 1. The molecule has 0 aromatic carbocycles. The molecule has 1 fully saturated rings. The van der Waals surface area contributed by atoms with E-state index in [0.29, 0.717) is 11.6 Å². The molecule has 1 saturated carbocycles. The highest BCUT2D eigenvalue weighted by atomic mass is 16.5. The molecule has 2 rings (SSSR count). The van der Waals surface area contributed by atoms with Crippen molar-refractivity contribution in [3.8, 4) is 0 Å². The first-order valence-corrected chi connectivity index (χ1v) is 6.98. The number of hydrogen-bond acceptors (Lipinski definition) is 4. The minimum absolute atomic E-state index is 0.0653. The summed E-state index contributed by atoms with van der Waals surface area (Å²) < 4.78 is 7.20. The Bertz CT molecular complexity index is 468. The average molecular weight is 265 g/mol. The first kappa shape index (κ1) is 13.9. The predicted octanol–water partition coefficient (Wildman–Crippen LogP) is 2.20. The summed E-state index contributed by atoms with van der Waals surface area (Å²) in [5.74, 6) is 0.243. The second-order valence-electron chi connectivity index (χ2n) is 5.53. The number of esters is 1. The molecule has 5 nitrogen and oxygen atoms in total. The second-order valence-corrected chi connectivity index (χ2v) is 5.53. The van der Waals surface area contributed by atoms with Crippen molar-refractivity contribution < 1.29 is 9.53 Å². The molecule has 1 heterocycles. The van der Waals surface area contributed by atoms with Crippen LogP contribution in [-0.4, -0.2) is 21.9 Å². The van der Waals surface area contributed by atoms with Gasteiger partial charge in [0.25, 0.3) is 0 Å². The maximum absolute atomic E-state index is 12.0. The molecule has 1 aromatic rings. The van der Waals surface area contributed by atoms with E-state index in [9.17, 15) is 4.79 Å². The van der Waals surface area contributed by atoms with Gasteiger partial charge in [0, 0.05) is 0 Å². The van der Waals surface area contributed by atoms with Gasteiger partial charge in [-0.25, -0.2) is 0 Å². The van der Waals surface area contributed by atoms with Gasteiger partial charge in [-0.1, -0.05) is 13.3 Å². The van der Waals surface area contributed by atoms with Crippen molar-refractivity contribution in [2.75, 3.05) is 5.73 Å². The molecule has 2 N–H and O–H groups in total. The third-order valence-electron chi connectivity index (χ3n) is 4.03. The Labute approximate surface area is 114 Å². The summed E-state index contributed by atoms with van der Waals surface area (Å²) in [4.78, 5) is 12.0. The van der Waals surface area contributed by atoms with Gasteiger partial charge < -0.3 is 10.5 Å². The third kappa shape index (κ3) is 3.08. The fraction of sp³-hybridized carbons (Fsp3) is 0.714. The summed E-state index contributed by atoms with van der Waals surface area (Å²) in [6.45, 7) is 6.00. The molecule has 0 spiro atoms. The Morgan fingerprint density at radius 2 is 2.11 bits per heavy atom. The molecule has 2 atom stereocenters. The second kappa shape index (κ2) is 5.63. The van der Waals surface area contributed by atoms with Crippen molar-refractivity contribution in [3.63, 3.8) is 0 Å². The van der Waals surface area contributed by atoms with E-state index in [-0.39, 0.29) is 18.6 Å². The van der Waals surface area contributed by atoms with Crippen LogP contribution in [0, 0.1) is 19.8 Å². The lowest BCUT2D eigenvalue weighted by Gasteiger charge is -2.28. The number of ether oxygens (including phenoxy) is 1. The van der Waals surface area contributed by atoms with Gasteiger partial charge in [-0.3, -0.25) is 9.48 Å².